The van der Waals surface area contributed by atoms with Gasteiger partial charge in [0.25, 0.3) is 0 Å². The second-order valence-electron chi connectivity index (χ2n) is 8.77. The summed E-state index contributed by atoms with van der Waals surface area (Å²) in [6.07, 6.45) is 6.08. The van der Waals surface area contributed by atoms with Crippen molar-refractivity contribution < 1.29 is 23.0 Å². The quantitative estimate of drug-likeness (QED) is 0.419. The molecule has 1 N–H and O–H groups in total. The van der Waals surface area contributed by atoms with E-state index in [9.17, 15) is 13.6 Å². The second-order valence-corrected chi connectivity index (χ2v) is 9.18. The monoisotopic (exact) mass is 515 g/mol. The SMILES string of the molecule is COC(=O)C1(NCCc2c(Cl)cnc3ccc(OC)cc23)CCN(C/C=C/c2cc(F)ccc2F)C1. The zero-order valence-corrected chi connectivity index (χ0v) is 20.9. The van der Waals surface area contributed by atoms with Gasteiger partial charge in [-0.2, -0.15) is 0 Å². The fourth-order valence-electron chi connectivity index (χ4n) is 4.60. The molecule has 3 aromatic rings. The molecular formula is C27H28ClF2N3O3. The highest BCUT2D eigenvalue weighted by molar-refractivity contribution is 6.32. The molecule has 1 aromatic heterocycles. The minimum atomic E-state index is -0.875. The van der Waals surface area contributed by atoms with E-state index in [1.54, 1.807) is 25.5 Å². The number of ether oxygens (including phenoxy) is 2. The van der Waals surface area contributed by atoms with Gasteiger partial charge in [0, 0.05) is 43.3 Å². The van der Waals surface area contributed by atoms with Crippen molar-refractivity contribution in [3.05, 3.63) is 76.5 Å². The number of fused-ring (bicyclic) bond motifs is 1. The van der Waals surface area contributed by atoms with Gasteiger partial charge in [0.2, 0.25) is 0 Å². The average Bonchev–Trinajstić information content (AvgIpc) is 3.30. The largest absolute Gasteiger partial charge is 0.497 e. The van der Waals surface area contributed by atoms with E-state index in [-0.39, 0.29) is 11.5 Å². The van der Waals surface area contributed by atoms with Crippen LogP contribution in [-0.4, -0.2) is 61.8 Å². The molecular weight excluding hydrogens is 488 g/mol. The Morgan fingerprint density at radius 2 is 2.08 bits per heavy atom. The third-order valence-corrected chi connectivity index (χ3v) is 6.84. The zero-order chi connectivity index (χ0) is 25.7. The molecule has 1 unspecified atom stereocenters. The van der Waals surface area contributed by atoms with Gasteiger partial charge >= 0.3 is 5.97 Å². The first-order valence-electron chi connectivity index (χ1n) is 11.6. The van der Waals surface area contributed by atoms with Crippen molar-refractivity contribution in [2.24, 2.45) is 0 Å². The summed E-state index contributed by atoms with van der Waals surface area (Å²) in [6, 6.07) is 8.98. The van der Waals surface area contributed by atoms with Gasteiger partial charge in [0.15, 0.2) is 0 Å². The number of methoxy groups -OCH3 is 2. The number of halogens is 3. The summed E-state index contributed by atoms with van der Waals surface area (Å²) in [7, 11) is 2.98. The average molecular weight is 516 g/mol. The Morgan fingerprint density at radius 3 is 2.86 bits per heavy atom. The normalized spacial score (nSPS) is 18.2. The van der Waals surface area contributed by atoms with Gasteiger partial charge in [-0.05, 0) is 54.8 Å². The number of hydrogen-bond acceptors (Lipinski definition) is 6. The molecule has 1 saturated heterocycles. The third kappa shape index (κ3) is 5.67. The molecule has 0 aliphatic carbocycles. The van der Waals surface area contributed by atoms with Crippen LogP contribution in [0.15, 0.2) is 48.7 Å². The fraction of sp³-hybridized carbons (Fsp3) is 0.333. The van der Waals surface area contributed by atoms with Crippen molar-refractivity contribution in [2.45, 2.75) is 18.4 Å². The lowest BCUT2D eigenvalue weighted by atomic mass is 9.97. The number of pyridine rings is 1. The number of hydrogen-bond donors (Lipinski definition) is 1. The van der Waals surface area contributed by atoms with E-state index in [4.69, 9.17) is 21.1 Å². The summed E-state index contributed by atoms with van der Waals surface area (Å²) in [4.78, 5) is 19.2. The third-order valence-electron chi connectivity index (χ3n) is 6.52. The van der Waals surface area contributed by atoms with Crippen molar-refractivity contribution in [3.8, 4) is 5.75 Å². The van der Waals surface area contributed by atoms with Crippen LogP contribution in [0.4, 0.5) is 8.78 Å². The minimum absolute atomic E-state index is 0.185. The summed E-state index contributed by atoms with van der Waals surface area (Å²) in [5.41, 5.74) is 1.04. The van der Waals surface area contributed by atoms with Crippen molar-refractivity contribution in [2.75, 3.05) is 40.4 Å². The fourth-order valence-corrected chi connectivity index (χ4v) is 4.85. The van der Waals surface area contributed by atoms with Gasteiger partial charge < -0.3 is 14.8 Å². The molecule has 2 aromatic carbocycles. The summed E-state index contributed by atoms with van der Waals surface area (Å²) in [5.74, 6) is -0.604. The van der Waals surface area contributed by atoms with E-state index in [1.165, 1.54) is 7.11 Å². The zero-order valence-electron chi connectivity index (χ0n) is 20.2. The first-order valence-corrected chi connectivity index (χ1v) is 12.0. The van der Waals surface area contributed by atoms with Gasteiger partial charge in [-0.15, -0.1) is 0 Å². The second kappa shape index (κ2) is 11.3. The molecule has 0 bridgehead atoms. The maximum atomic E-state index is 13.9. The summed E-state index contributed by atoms with van der Waals surface area (Å²) >= 11 is 6.48. The Bertz CT molecular complexity index is 1290. The number of carbonyl (C=O) groups is 1. The Balaban J connectivity index is 1.44. The first-order chi connectivity index (χ1) is 17.3. The molecule has 4 rings (SSSR count). The molecule has 0 saturated carbocycles. The predicted molar refractivity (Wildman–Crippen MR) is 136 cm³/mol. The van der Waals surface area contributed by atoms with Crippen LogP contribution in [0.2, 0.25) is 5.02 Å². The smallest absolute Gasteiger partial charge is 0.327 e. The predicted octanol–water partition coefficient (Wildman–Crippen LogP) is 4.64. The van der Waals surface area contributed by atoms with Gasteiger partial charge in [-0.1, -0.05) is 23.8 Å². The number of likely N-dealkylation sites (tertiary alicyclic amines) is 1. The van der Waals surface area contributed by atoms with Crippen molar-refractivity contribution in [1.82, 2.24) is 15.2 Å². The van der Waals surface area contributed by atoms with Crippen LogP contribution in [0.25, 0.3) is 17.0 Å². The van der Waals surface area contributed by atoms with E-state index in [2.05, 4.69) is 15.2 Å². The Morgan fingerprint density at radius 1 is 1.25 bits per heavy atom. The van der Waals surface area contributed by atoms with Crippen LogP contribution in [0.1, 0.15) is 17.5 Å². The van der Waals surface area contributed by atoms with Crippen LogP contribution in [-0.2, 0) is 16.0 Å². The Kier molecular flexibility index (Phi) is 8.18. The number of esters is 1. The van der Waals surface area contributed by atoms with Crippen LogP contribution >= 0.6 is 11.6 Å². The lowest BCUT2D eigenvalue weighted by Gasteiger charge is -2.28. The Labute approximate surface area is 213 Å². The molecule has 6 nitrogen and oxygen atoms in total. The summed E-state index contributed by atoms with van der Waals surface area (Å²) < 4.78 is 37.8. The molecule has 0 spiro atoms. The number of nitrogens with zero attached hydrogens (tertiary/aromatic N) is 2. The highest BCUT2D eigenvalue weighted by Crippen LogP contribution is 2.29. The van der Waals surface area contributed by atoms with Gasteiger partial charge in [-0.25, -0.2) is 8.78 Å². The number of rotatable bonds is 9. The van der Waals surface area contributed by atoms with Gasteiger partial charge in [-0.3, -0.25) is 14.7 Å². The molecule has 190 valence electrons. The maximum absolute atomic E-state index is 13.9. The number of nitrogens with one attached hydrogen (secondary N) is 1. The number of benzene rings is 2. The molecule has 0 radical (unpaired) electrons. The highest BCUT2D eigenvalue weighted by atomic mass is 35.5. The molecule has 1 atom stereocenters. The minimum Gasteiger partial charge on any atom is -0.497 e. The number of carbonyl (C=O) groups excluding carboxylic acids is 1. The molecule has 2 heterocycles. The Hall–Kier alpha value is -3.07. The van der Waals surface area contributed by atoms with E-state index in [1.807, 2.05) is 18.2 Å². The maximum Gasteiger partial charge on any atom is 0.327 e. The molecule has 1 aliphatic heterocycles. The first kappa shape index (κ1) is 26.0. The standard InChI is InChI=1S/C27H28ClF2N3O3/c1-35-20-6-8-25-22(15-20)21(23(28)16-31-25)9-11-32-27(26(34)36-2)10-13-33(17-27)12-3-4-18-14-19(29)5-7-24(18)30/h3-8,14-16,32H,9-13,17H2,1-2H3/b4-3+. The number of aromatic nitrogens is 1. The molecule has 0 amide bonds. The van der Waals surface area contributed by atoms with Crippen molar-refractivity contribution in [3.63, 3.8) is 0 Å². The van der Waals surface area contributed by atoms with Gasteiger partial charge in [0.05, 0.1) is 24.8 Å². The van der Waals surface area contributed by atoms with E-state index in [0.29, 0.717) is 49.8 Å². The topological polar surface area (TPSA) is 63.7 Å². The van der Waals surface area contributed by atoms with Crippen LogP contribution in [0.3, 0.4) is 0 Å². The molecule has 1 fully saturated rings. The lowest BCUT2D eigenvalue weighted by molar-refractivity contribution is -0.148. The molecule has 1 aliphatic rings. The molecule has 9 heteroatoms. The molecule has 36 heavy (non-hydrogen) atoms. The van der Waals surface area contributed by atoms with Crippen molar-refractivity contribution >= 4 is 34.5 Å². The highest BCUT2D eigenvalue weighted by Gasteiger charge is 2.44. The van der Waals surface area contributed by atoms with Gasteiger partial charge in [0.1, 0.15) is 22.9 Å². The van der Waals surface area contributed by atoms with Crippen LogP contribution < -0.4 is 10.1 Å². The van der Waals surface area contributed by atoms with E-state index in [0.717, 1.165) is 34.7 Å². The summed E-state index contributed by atoms with van der Waals surface area (Å²) in [5, 5.41) is 4.86. The van der Waals surface area contributed by atoms with E-state index < -0.39 is 17.2 Å². The van der Waals surface area contributed by atoms with E-state index >= 15 is 0 Å². The van der Waals surface area contributed by atoms with Crippen molar-refractivity contribution in [1.29, 1.82) is 0 Å². The lowest BCUT2D eigenvalue weighted by Crippen LogP contribution is -2.55. The van der Waals surface area contributed by atoms with Crippen LogP contribution in [0.5, 0.6) is 5.75 Å². The summed E-state index contributed by atoms with van der Waals surface area (Å²) in [6.45, 7) is 2.04. The van der Waals surface area contributed by atoms with Crippen LogP contribution in [0, 0.1) is 11.6 Å².